The molecule has 1 N–H and O–H groups in total. The summed E-state index contributed by atoms with van der Waals surface area (Å²) >= 11 is 0. The number of hydrogen-bond donors (Lipinski definition) is 1. The topological polar surface area (TPSA) is 25.2 Å². The zero-order valence-electron chi connectivity index (χ0n) is 14.0. The average molecular weight is 307 g/mol. The van der Waals surface area contributed by atoms with Gasteiger partial charge < -0.3 is 9.73 Å². The van der Waals surface area contributed by atoms with Gasteiger partial charge >= 0.3 is 0 Å². The Morgan fingerprint density at radius 1 is 1.22 bits per heavy atom. The molecule has 4 rings (SSSR count). The van der Waals surface area contributed by atoms with Crippen LogP contribution < -0.4 is 5.32 Å². The fourth-order valence-corrected chi connectivity index (χ4v) is 4.51. The molecule has 1 aromatic heterocycles. The molecule has 120 valence electrons. The highest BCUT2D eigenvalue weighted by molar-refractivity contribution is 5.86. The Hall–Kier alpha value is -1.72. The van der Waals surface area contributed by atoms with Crippen LogP contribution in [0.1, 0.15) is 54.6 Å². The van der Waals surface area contributed by atoms with Gasteiger partial charge in [0.15, 0.2) is 0 Å². The molecule has 0 atom stereocenters. The largest absolute Gasteiger partial charge is 0.461 e. The average Bonchev–Trinajstić information content (AvgIpc) is 2.96. The number of nitrogens with one attached hydrogen (secondary N) is 1. The van der Waals surface area contributed by atoms with E-state index in [2.05, 4.69) is 30.3 Å². The Morgan fingerprint density at radius 3 is 2.78 bits per heavy atom. The van der Waals surface area contributed by atoms with Crippen LogP contribution in [0, 0.1) is 19.3 Å². The van der Waals surface area contributed by atoms with E-state index in [1.807, 2.05) is 0 Å². The van der Waals surface area contributed by atoms with Crippen molar-refractivity contribution in [1.29, 1.82) is 0 Å². The molecular weight excluding hydrogens is 282 g/mol. The lowest BCUT2D eigenvalue weighted by Gasteiger charge is -2.37. The van der Waals surface area contributed by atoms with Gasteiger partial charge in [-0.2, -0.15) is 0 Å². The Labute approximate surface area is 138 Å². The molecule has 0 bridgehead atoms. The summed E-state index contributed by atoms with van der Waals surface area (Å²) in [5.41, 5.74) is 5.39. The maximum absolute atomic E-state index is 6.20. The molecular formula is C21H25NO. The first-order valence-electron chi connectivity index (χ1n) is 8.93. The monoisotopic (exact) mass is 307 g/mol. The summed E-state index contributed by atoms with van der Waals surface area (Å²) in [6, 6.07) is 4.73. The van der Waals surface area contributed by atoms with E-state index < -0.39 is 0 Å². The maximum atomic E-state index is 6.20. The summed E-state index contributed by atoms with van der Waals surface area (Å²) in [5, 5.41) is 4.83. The molecule has 1 aromatic carbocycles. The number of furan rings is 1. The van der Waals surface area contributed by atoms with Crippen molar-refractivity contribution in [2.24, 2.45) is 0 Å². The van der Waals surface area contributed by atoms with E-state index in [1.54, 1.807) is 0 Å². The number of aryl methyl sites for hydroxylation is 3. The molecule has 0 radical (unpaired) electrons. The van der Waals surface area contributed by atoms with Gasteiger partial charge in [-0.25, -0.2) is 0 Å². The van der Waals surface area contributed by atoms with E-state index in [4.69, 9.17) is 10.8 Å². The third-order valence-electron chi connectivity index (χ3n) is 5.86. The molecule has 2 nitrogen and oxygen atoms in total. The lowest BCUT2D eigenvalue weighted by molar-refractivity contribution is 0.313. The normalized spacial score (nSPS) is 20.2. The van der Waals surface area contributed by atoms with Crippen molar-refractivity contribution >= 4 is 11.0 Å². The van der Waals surface area contributed by atoms with Gasteiger partial charge in [0.1, 0.15) is 11.3 Å². The molecule has 1 saturated heterocycles. The van der Waals surface area contributed by atoms with E-state index in [1.165, 1.54) is 40.7 Å². The van der Waals surface area contributed by atoms with E-state index in [0.29, 0.717) is 0 Å². The summed E-state index contributed by atoms with van der Waals surface area (Å²) in [7, 11) is 0. The highest BCUT2D eigenvalue weighted by Gasteiger charge is 2.34. The minimum absolute atomic E-state index is 0.137. The highest BCUT2D eigenvalue weighted by atomic mass is 16.3. The van der Waals surface area contributed by atoms with Crippen LogP contribution >= 0.6 is 0 Å². The molecule has 1 fully saturated rings. The fourth-order valence-electron chi connectivity index (χ4n) is 4.51. The molecule has 0 unspecified atom stereocenters. The van der Waals surface area contributed by atoms with Crippen molar-refractivity contribution in [2.75, 3.05) is 13.1 Å². The van der Waals surface area contributed by atoms with Crippen molar-refractivity contribution in [3.8, 4) is 12.3 Å². The minimum Gasteiger partial charge on any atom is -0.461 e. The molecule has 1 aliphatic heterocycles. The lowest BCUT2D eigenvalue weighted by atomic mass is 9.70. The van der Waals surface area contributed by atoms with Crippen molar-refractivity contribution in [3.63, 3.8) is 0 Å². The summed E-state index contributed by atoms with van der Waals surface area (Å²) in [4.78, 5) is 0. The molecule has 23 heavy (non-hydrogen) atoms. The van der Waals surface area contributed by atoms with Crippen LogP contribution in [-0.2, 0) is 18.3 Å². The van der Waals surface area contributed by atoms with Crippen LogP contribution in [-0.4, -0.2) is 13.1 Å². The van der Waals surface area contributed by atoms with Gasteiger partial charge in [-0.05, 0) is 69.3 Å². The first-order chi connectivity index (χ1) is 11.2. The predicted molar refractivity (Wildman–Crippen MR) is 94.8 cm³/mol. The van der Waals surface area contributed by atoms with Crippen molar-refractivity contribution in [3.05, 3.63) is 34.6 Å². The van der Waals surface area contributed by atoms with Gasteiger partial charge in [0.2, 0.25) is 0 Å². The summed E-state index contributed by atoms with van der Waals surface area (Å²) < 4.78 is 6.20. The Morgan fingerprint density at radius 2 is 2.00 bits per heavy atom. The van der Waals surface area contributed by atoms with Crippen molar-refractivity contribution in [2.45, 2.75) is 57.3 Å². The first-order valence-corrected chi connectivity index (χ1v) is 8.93. The highest BCUT2D eigenvalue weighted by Crippen LogP contribution is 2.41. The van der Waals surface area contributed by atoms with Crippen LogP contribution in [0.3, 0.4) is 0 Å². The second kappa shape index (κ2) is 5.73. The smallest absolute Gasteiger partial charge is 0.137 e. The quantitative estimate of drug-likeness (QED) is 0.838. The third-order valence-corrected chi connectivity index (χ3v) is 5.86. The zero-order valence-corrected chi connectivity index (χ0v) is 14.0. The summed E-state index contributed by atoms with van der Waals surface area (Å²) in [6.07, 6.45) is 13.6. The SMILES string of the molecule is C#CCC1(c2cc(C)c3oc4c(c3c2)CCCC4)CCNCC1. The van der Waals surface area contributed by atoms with Crippen molar-refractivity contribution in [1.82, 2.24) is 5.32 Å². The number of rotatable bonds is 2. The standard InChI is InChI=1S/C21H25NO/c1-3-8-21(9-11-22-12-10-21)16-13-15(2)20-18(14-16)17-6-4-5-7-19(17)23-20/h1,13-14,22H,4-12H2,2H3. The molecule has 2 aliphatic rings. The van der Waals surface area contributed by atoms with Crippen molar-refractivity contribution < 1.29 is 4.42 Å². The molecule has 0 amide bonds. The fraction of sp³-hybridized carbons (Fsp3) is 0.524. The molecule has 2 heteroatoms. The van der Waals surface area contributed by atoms with Gasteiger partial charge in [-0.15, -0.1) is 12.3 Å². The van der Waals surface area contributed by atoms with Gasteiger partial charge in [-0.3, -0.25) is 0 Å². The molecule has 0 spiro atoms. The second-order valence-corrected chi connectivity index (χ2v) is 7.29. The number of hydrogen-bond acceptors (Lipinski definition) is 2. The van der Waals surface area contributed by atoms with E-state index in [-0.39, 0.29) is 5.41 Å². The van der Waals surface area contributed by atoms with E-state index in [9.17, 15) is 0 Å². The van der Waals surface area contributed by atoms with Gasteiger partial charge in [0.25, 0.3) is 0 Å². The Kier molecular flexibility index (Phi) is 3.70. The zero-order chi connectivity index (χ0) is 15.9. The predicted octanol–water partition coefficient (Wildman–Crippen LogP) is 4.26. The molecule has 2 aromatic rings. The van der Waals surface area contributed by atoms with Crippen LogP contribution in [0.25, 0.3) is 11.0 Å². The summed E-state index contributed by atoms with van der Waals surface area (Å²) in [6.45, 7) is 4.30. The van der Waals surface area contributed by atoms with E-state index >= 15 is 0 Å². The number of piperidine rings is 1. The Bertz CT molecular complexity index is 771. The molecule has 1 aliphatic carbocycles. The molecule has 0 saturated carbocycles. The van der Waals surface area contributed by atoms with Crippen LogP contribution in [0.5, 0.6) is 0 Å². The molecule has 2 heterocycles. The summed E-state index contributed by atoms with van der Waals surface area (Å²) in [5.74, 6) is 4.17. The van der Waals surface area contributed by atoms with Gasteiger partial charge in [-0.1, -0.05) is 6.07 Å². The van der Waals surface area contributed by atoms with Crippen LogP contribution in [0.4, 0.5) is 0 Å². The number of fused-ring (bicyclic) bond motifs is 3. The minimum atomic E-state index is 0.137. The third kappa shape index (κ3) is 2.39. The van der Waals surface area contributed by atoms with Crippen LogP contribution in [0.15, 0.2) is 16.5 Å². The Balaban J connectivity index is 1.88. The second-order valence-electron chi connectivity index (χ2n) is 7.29. The first kappa shape index (κ1) is 14.8. The van der Waals surface area contributed by atoms with Gasteiger partial charge in [0.05, 0.1) is 0 Å². The van der Waals surface area contributed by atoms with Gasteiger partial charge in [0, 0.05) is 29.2 Å². The lowest BCUT2D eigenvalue weighted by Crippen LogP contribution is -2.39. The number of benzene rings is 1. The maximum Gasteiger partial charge on any atom is 0.137 e. The van der Waals surface area contributed by atoms with Crippen LogP contribution in [0.2, 0.25) is 0 Å². The van der Waals surface area contributed by atoms with E-state index in [0.717, 1.165) is 50.8 Å². The number of terminal acetylenes is 1.